The van der Waals surface area contributed by atoms with Gasteiger partial charge in [0.05, 0.1) is 19.6 Å². The van der Waals surface area contributed by atoms with E-state index in [9.17, 15) is 9.59 Å². The predicted octanol–water partition coefficient (Wildman–Crippen LogP) is 1.86. The highest BCUT2D eigenvalue weighted by molar-refractivity contribution is 5.81. The lowest BCUT2D eigenvalue weighted by Gasteiger charge is -2.23. The van der Waals surface area contributed by atoms with Crippen LogP contribution in [0.25, 0.3) is 0 Å². The maximum Gasteiger partial charge on any atom is 0.310 e. The minimum absolute atomic E-state index is 0.151. The number of methoxy groups -OCH3 is 1. The van der Waals surface area contributed by atoms with Crippen LogP contribution < -0.4 is 0 Å². The first kappa shape index (κ1) is 17.2. The number of esters is 1. The van der Waals surface area contributed by atoms with Crippen molar-refractivity contribution in [3.05, 3.63) is 35.9 Å². The number of rotatable bonds is 7. The van der Waals surface area contributed by atoms with Gasteiger partial charge in [-0.1, -0.05) is 37.3 Å². The van der Waals surface area contributed by atoms with E-state index in [4.69, 9.17) is 4.74 Å². The summed E-state index contributed by atoms with van der Waals surface area (Å²) in [7, 11) is 3.00. The lowest BCUT2D eigenvalue weighted by Crippen LogP contribution is -2.40. The van der Waals surface area contributed by atoms with Crippen molar-refractivity contribution in [1.82, 2.24) is 4.90 Å². The molecule has 0 fully saturated rings. The van der Waals surface area contributed by atoms with Gasteiger partial charge in [-0.05, 0) is 12.5 Å². The highest BCUT2D eigenvalue weighted by Crippen LogP contribution is 2.07. The van der Waals surface area contributed by atoms with Crippen molar-refractivity contribution < 1.29 is 19.1 Å². The molecule has 1 aromatic carbocycles. The number of hydrogen-bond acceptors (Lipinski definition) is 4. The van der Waals surface area contributed by atoms with Gasteiger partial charge in [0.25, 0.3) is 5.91 Å². The van der Waals surface area contributed by atoms with Gasteiger partial charge in [0, 0.05) is 13.6 Å². The molecule has 0 heterocycles. The zero-order valence-corrected chi connectivity index (χ0v) is 13.0. The zero-order valence-electron chi connectivity index (χ0n) is 13.0. The third-order valence-electron chi connectivity index (χ3n) is 3.22. The van der Waals surface area contributed by atoms with Gasteiger partial charge in [0.2, 0.25) is 0 Å². The molecule has 5 nitrogen and oxygen atoms in total. The van der Waals surface area contributed by atoms with Gasteiger partial charge in [-0.25, -0.2) is 0 Å². The molecule has 0 aliphatic carbocycles. The monoisotopic (exact) mass is 293 g/mol. The van der Waals surface area contributed by atoms with Gasteiger partial charge in [-0.15, -0.1) is 0 Å². The summed E-state index contributed by atoms with van der Waals surface area (Å²) >= 11 is 0. The first-order valence-electron chi connectivity index (χ1n) is 6.94. The zero-order chi connectivity index (χ0) is 15.8. The molecule has 1 amide bonds. The van der Waals surface area contributed by atoms with Gasteiger partial charge in [-0.3, -0.25) is 9.59 Å². The Kier molecular flexibility index (Phi) is 6.88. The van der Waals surface area contributed by atoms with E-state index in [2.05, 4.69) is 4.74 Å². The van der Waals surface area contributed by atoms with Crippen LogP contribution >= 0.6 is 0 Å². The second-order valence-electron chi connectivity index (χ2n) is 5.08. The molecule has 2 unspecified atom stereocenters. The first-order valence-corrected chi connectivity index (χ1v) is 6.94. The van der Waals surface area contributed by atoms with Crippen LogP contribution in [0.1, 0.15) is 19.4 Å². The molecule has 0 saturated heterocycles. The number of amides is 1. The van der Waals surface area contributed by atoms with Gasteiger partial charge >= 0.3 is 5.97 Å². The van der Waals surface area contributed by atoms with E-state index < -0.39 is 6.10 Å². The molecule has 0 bridgehead atoms. The molecule has 116 valence electrons. The van der Waals surface area contributed by atoms with Crippen molar-refractivity contribution in [2.45, 2.75) is 26.6 Å². The molecule has 0 aliphatic rings. The van der Waals surface area contributed by atoms with E-state index in [1.807, 2.05) is 30.3 Å². The predicted molar refractivity (Wildman–Crippen MR) is 79.5 cm³/mol. The van der Waals surface area contributed by atoms with Gasteiger partial charge in [-0.2, -0.15) is 0 Å². The third kappa shape index (κ3) is 5.55. The van der Waals surface area contributed by atoms with E-state index >= 15 is 0 Å². The summed E-state index contributed by atoms with van der Waals surface area (Å²) in [4.78, 5) is 25.0. The van der Waals surface area contributed by atoms with Gasteiger partial charge in [0.1, 0.15) is 6.10 Å². The summed E-state index contributed by atoms with van der Waals surface area (Å²) in [6, 6.07) is 9.67. The Morgan fingerprint density at radius 3 is 2.38 bits per heavy atom. The Bertz CT molecular complexity index is 461. The van der Waals surface area contributed by atoms with Crippen molar-refractivity contribution >= 4 is 11.9 Å². The molecule has 0 aliphatic heterocycles. The van der Waals surface area contributed by atoms with Crippen LogP contribution in [0.3, 0.4) is 0 Å². The van der Waals surface area contributed by atoms with E-state index in [0.29, 0.717) is 13.2 Å². The molecule has 0 aromatic heterocycles. The summed E-state index contributed by atoms with van der Waals surface area (Å²) in [5.41, 5.74) is 1.02. The molecule has 1 aromatic rings. The topological polar surface area (TPSA) is 55.8 Å². The van der Waals surface area contributed by atoms with Crippen LogP contribution in [-0.4, -0.2) is 43.6 Å². The largest absolute Gasteiger partial charge is 0.469 e. The quantitative estimate of drug-likeness (QED) is 0.720. The second kappa shape index (κ2) is 8.42. The lowest BCUT2D eigenvalue weighted by molar-refractivity contribution is -0.148. The molecular formula is C16H23NO4. The van der Waals surface area contributed by atoms with Crippen LogP contribution in [0.4, 0.5) is 0 Å². The summed E-state index contributed by atoms with van der Waals surface area (Å²) in [5.74, 6) is -0.834. The van der Waals surface area contributed by atoms with E-state index in [1.54, 1.807) is 20.9 Å². The minimum Gasteiger partial charge on any atom is -0.469 e. The fourth-order valence-electron chi connectivity index (χ4n) is 1.95. The summed E-state index contributed by atoms with van der Waals surface area (Å²) in [5, 5.41) is 0. The Hall–Kier alpha value is -1.88. The number of carbonyl (C=O) groups is 2. The third-order valence-corrected chi connectivity index (χ3v) is 3.22. The van der Waals surface area contributed by atoms with Crippen molar-refractivity contribution in [3.63, 3.8) is 0 Å². The van der Waals surface area contributed by atoms with E-state index in [0.717, 1.165) is 5.56 Å². The minimum atomic E-state index is -0.556. The van der Waals surface area contributed by atoms with E-state index in [1.165, 1.54) is 12.0 Å². The van der Waals surface area contributed by atoms with Crippen molar-refractivity contribution in [3.8, 4) is 0 Å². The summed E-state index contributed by atoms with van der Waals surface area (Å²) < 4.78 is 10.2. The fraction of sp³-hybridized carbons (Fsp3) is 0.500. The Balaban J connectivity index is 2.44. The summed E-state index contributed by atoms with van der Waals surface area (Å²) in [6.07, 6.45) is -0.556. The number of nitrogens with zero attached hydrogens (tertiary/aromatic N) is 1. The average Bonchev–Trinajstić information content (AvgIpc) is 2.51. The smallest absolute Gasteiger partial charge is 0.310 e. The van der Waals surface area contributed by atoms with Crippen LogP contribution in [0.15, 0.2) is 30.3 Å². The molecule has 0 radical (unpaired) electrons. The molecule has 0 N–H and O–H groups in total. The highest BCUT2D eigenvalue weighted by Gasteiger charge is 2.22. The number of likely N-dealkylation sites (N-methyl/N-ethyl adjacent to an activating group) is 1. The highest BCUT2D eigenvalue weighted by atomic mass is 16.5. The fourth-order valence-corrected chi connectivity index (χ4v) is 1.95. The number of ether oxygens (including phenoxy) is 2. The molecule has 5 heteroatoms. The lowest BCUT2D eigenvalue weighted by atomic mass is 10.1. The van der Waals surface area contributed by atoms with Crippen LogP contribution in [0.5, 0.6) is 0 Å². The maximum absolute atomic E-state index is 12.2. The van der Waals surface area contributed by atoms with Crippen LogP contribution in [0.2, 0.25) is 0 Å². The number of carbonyl (C=O) groups excluding carboxylic acids is 2. The number of benzene rings is 1. The SMILES string of the molecule is COC(=O)C(C)CN(C)C(=O)C(C)OCc1ccccc1. The first-order chi connectivity index (χ1) is 9.95. The Labute approximate surface area is 125 Å². The second-order valence-corrected chi connectivity index (χ2v) is 5.08. The standard InChI is InChI=1S/C16H23NO4/c1-12(16(19)20-4)10-17(3)15(18)13(2)21-11-14-8-6-5-7-9-14/h5-9,12-13H,10-11H2,1-4H3. The number of hydrogen-bond donors (Lipinski definition) is 0. The van der Waals surface area contributed by atoms with Gasteiger partial charge < -0.3 is 14.4 Å². The molecule has 2 atom stereocenters. The Morgan fingerprint density at radius 2 is 1.81 bits per heavy atom. The normalized spacial score (nSPS) is 13.3. The molecule has 1 rings (SSSR count). The molecule has 0 spiro atoms. The Morgan fingerprint density at radius 1 is 1.19 bits per heavy atom. The maximum atomic E-state index is 12.2. The molecule has 21 heavy (non-hydrogen) atoms. The summed E-state index contributed by atoms with van der Waals surface area (Å²) in [6.45, 7) is 4.13. The van der Waals surface area contributed by atoms with E-state index in [-0.39, 0.29) is 17.8 Å². The van der Waals surface area contributed by atoms with Crippen LogP contribution in [0, 0.1) is 5.92 Å². The molecule has 0 saturated carbocycles. The van der Waals surface area contributed by atoms with Crippen LogP contribution in [-0.2, 0) is 25.7 Å². The van der Waals surface area contributed by atoms with Crippen molar-refractivity contribution in [2.75, 3.05) is 20.7 Å². The average molecular weight is 293 g/mol. The van der Waals surface area contributed by atoms with Crippen molar-refractivity contribution in [2.24, 2.45) is 5.92 Å². The van der Waals surface area contributed by atoms with Gasteiger partial charge in [0.15, 0.2) is 0 Å². The van der Waals surface area contributed by atoms with Crippen molar-refractivity contribution in [1.29, 1.82) is 0 Å². The molecular weight excluding hydrogens is 270 g/mol.